The summed E-state index contributed by atoms with van der Waals surface area (Å²) in [7, 11) is 0. The fraction of sp³-hybridized carbons (Fsp3) is 0.286. The van der Waals surface area contributed by atoms with E-state index in [4.69, 9.17) is 16.3 Å². The Kier molecular flexibility index (Phi) is 9.53. The van der Waals surface area contributed by atoms with Crippen molar-refractivity contribution in [1.82, 2.24) is 10.2 Å². The summed E-state index contributed by atoms with van der Waals surface area (Å²) in [6.45, 7) is 4.58. The van der Waals surface area contributed by atoms with E-state index in [1.807, 2.05) is 86.6 Å². The van der Waals surface area contributed by atoms with E-state index in [1.54, 1.807) is 11.0 Å². The summed E-state index contributed by atoms with van der Waals surface area (Å²) in [5.74, 6) is 0.164. The number of aryl methyl sites for hydroxylation is 1. The molecule has 34 heavy (non-hydrogen) atoms. The van der Waals surface area contributed by atoms with Gasteiger partial charge in [-0.15, -0.1) is 0 Å². The van der Waals surface area contributed by atoms with Gasteiger partial charge in [-0.1, -0.05) is 73.1 Å². The molecule has 0 saturated heterocycles. The number of rotatable bonds is 11. The number of benzene rings is 3. The number of halogens is 1. The smallest absolute Gasteiger partial charge is 0.261 e. The van der Waals surface area contributed by atoms with Crippen LogP contribution in [0.25, 0.3) is 0 Å². The normalized spacial score (nSPS) is 11.5. The van der Waals surface area contributed by atoms with Gasteiger partial charge in [0.25, 0.3) is 5.91 Å². The largest absolute Gasteiger partial charge is 0.484 e. The van der Waals surface area contributed by atoms with E-state index >= 15 is 0 Å². The van der Waals surface area contributed by atoms with Gasteiger partial charge in [0, 0.05) is 24.5 Å². The minimum absolute atomic E-state index is 0.170. The molecule has 0 spiro atoms. The van der Waals surface area contributed by atoms with Crippen LogP contribution in [0, 0.1) is 6.92 Å². The quantitative estimate of drug-likeness (QED) is 0.412. The van der Waals surface area contributed by atoms with E-state index in [2.05, 4.69) is 5.32 Å². The van der Waals surface area contributed by atoms with Crippen LogP contribution in [-0.2, 0) is 22.6 Å². The molecule has 178 valence electrons. The summed E-state index contributed by atoms with van der Waals surface area (Å²) in [5.41, 5.74) is 2.86. The second-order valence-electron chi connectivity index (χ2n) is 8.25. The SMILES string of the molecule is CCCNC(=O)C(Cc1ccccc1)N(Cc1cccc(Cl)c1)C(=O)COc1cccc(C)c1. The second kappa shape index (κ2) is 12.8. The highest BCUT2D eigenvalue weighted by Gasteiger charge is 2.30. The number of hydrogen-bond acceptors (Lipinski definition) is 3. The van der Waals surface area contributed by atoms with E-state index < -0.39 is 6.04 Å². The van der Waals surface area contributed by atoms with Crippen molar-refractivity contribution in [2.75, 3.05) is 13.2 Å². The number of ether oxygens (including phenoxy) is 1. The Balaban J connectivity index is 1.89. The molecule has 0 aromatic heterocycles. The van der Waals surface area contributed by atoms with Gasteiger partial charge in [-0.3, -0.25) is 9.59 Å². The molecule has 0 heterocycles. The third kappa shape index (κ3) is 7.63. The summed E-state index contributed by atoms with van der Waals surface area (Å²) in [5, 5.41) is 3.55. The maximum atomic E-state index is 13.5. The van der Waals surface area contributed by atoms with Gasteiger partial charge in [-0.05, 0) is 54.3 Å². The molecule has 3 aromatic carbocycles. The Hall–Kier alpha value is -3.31. The first-order chi connectivity index (χ1) is 16.5. The minimum Gasteiger partial charge on any atom is -0.484 e. The standard InChI is InChI=1S/C28H31ClN2O3/c1-3-15-30-28(33)26(18-22-10-5-4-6-11-22)31(19-23-12-8-13-24(29)17-23)27(32)20-34-25-14-7-9-21(2)16-25/h4-14,16-17,26H,3,15,18-20H2,1-2H3,(H,30,33). The van der Waals surface area contributed by atoms with E-state index in [0.717, 1.165) is 23.1 Å². The monoisotopic (exact) mass is 478 g/mol. The first kappa shape index (κ1) is 25.3. The van der Waals surface area contributed by atoms with Crippen LogP contribution in [0.4, 0.5) is 0 Å². The first-order valence-electron chi connectivity index (χ1n) is 11.5. The van der Waals surface area contributed by atoms with Crippen LogP contribution >= 0.6 is 11.6 Å². The maximum absolute atomic E-state index is 13.5. The van der Waals surface area contributed by atoms with Crippen LogP contribution < -0.4 is 10.1 Å². The molecule has 1 unspecified atom stereocenters. The highest BCUT2D eigenvalue weighted by Crippen LogP contribution is 2.19. The average Bonchev–Trinajstić information content (AvgIpc) is 2.84. The van der Waals surface area contributed by atoms with Crippen LogP contribution in [0.1, 0.15) is 30.0 Å². The molecule has 0 saturated carbocycles. The lowest BCUT2D eigenvalue weighted by molar-refractivity contribution is -0.142. The Labute approximate surface area is 206 Å². The van der Waals surface area contributed by atoms with Crippen molar-refractivity contribution in [3.63, 3.8) is 0 Å². The molecule has 3 rings (SSSR count). The fourth-order valence-corrected chi connectivity index (χ4v) is 3.90. The van der Waals surface area contributed by atoms with Crippen LogP contribution in [0.2, 0.25) is 5.02 Å². The second-order valence-corrected chi connectivity index (χ2v) is 8.69. The zero-order chi connectivity index (χ0) is 24.3. The molecule has 5 nitrogen and oxygen atoms in total. The third-order valence-electron chi connectivity index (χ3n) is 5.41. The molecular formula is C28H31ClN2O3. The molecule has 0 aliphatic carbocycles. The molecule has 0 bridgehead atoms. The summed E-state index contributed by atoms with van der Waals surface area (Å²) in [6, 6.07) is 23.9. The van der Waals surface area contributed by atoms with Crippen molar-refractivity contribution in [3.8, 4) is 5.75 Å². The predicted molar refractivity (Wildman–Crippen MR) is 136 cm³/mol. The van der Waals surface area contributed by atoms with Gasteiger partial charge in [0.1, 0.15) is 11.8 Å². The zero-order valence-corrected chi connectivity index (χ0v) is 20.4. The summed E-state index contributed by atoms with van der Waals surface area (Å²) >= 11 is 6.20. The lowest BCUT2D eigenvalue weighted by Gasteiger charge is -2.31. The lowest BCUT2D eigenvalue weighted by Crippen LogP contribution is -2.51. The van der Waals surface area contributed by atoms with Crippen molar-refractivity contribution in [1.29, 1.82) is 0 Å². The Morgan fingerprint density at radius 3 is 2.41 bits per heavy atom. The number of nitrogens with one attached hydrogen (secondary N) is 1. The summed E-state index contributed by atoms with van der Waals surface area (Å²) in [4.78, 5) is 28.3. The van der Waals surface area contributed by atoms with E-state index in [9.17, 15) is 9.59 Å². The molecule has 3 aromatic rings. The van der Waals surface area contributed by atoms with E-state index in [-0.39, 0.29) is 25.0 Å². The van der Waals surface area contributed by atoms with Gasteiger partial charge in [-0.2, -0.15) is 0 Å². The number of nitrogens with zero attached hydrogens (tertiary/aromatic N) is 1. The van der Waals surface area contributed by atoms with E-state index in [0.29, 0.717) is 23.7 Å². The van der Waals surface area contributed by atoms with Crippen LogP contribution in [0.15, 0.2) is 78.9 Å². The number of amides is 2. The number of carbonyl (C=O) groups excluding carboxylic acids is 2. The molecule has 1 atom stereocenters. The van der Waals surface area contributed by atoms with Gasteiger partial charge in [0.05, 0.1) is 0 Å². The van der Waals surface area contributed by atoms with Crippen molar-refractivity contribution in [3.05, 3.63) is 101 Å². The van der Waals surface area contributed by atoms with E-state index in [1.165, 1.54) is 0 Å². The number of carbonyl (C=O) groups is 2. The van der Waals surface area contributed by atoms with Crippen molar-refractivity contribution in [2.24, 2.45) is 0 Å². The highest BCUT2D eigenvalue weighted by molar-refractivity contribution is 6.30. The van der Waals surface area contributed by atoms with Crippen LogP contribution in [-0.4, -0.2) is 35.9 Å². The fourth-order valence-electron chi connectivity index (χ4n) is 3.69. The number of hydrogen-bond donors (Lipinski definition) is 1. The molecule has 1 N–H and O–H groups in total. The maximum Gasteiger partial charge on any atom is 0.261 e. The molecule has 0 fully saturated rings. The molecule has 0 aliphatic rings. The Morgan fingerprint density at radius 1 is 0.971 bits per heavy atom. The summed E-state index contributed by atoms with van der Waals surface area (Å²) in [6.07, 6.45) is 1.20. The Morgan fingerprint density at radius 2 is 1.71 bits per heavy atom. The minimum atomic E-state index is -0.693. The average molecular weight is 479 g/mol. The molecule has 0 aliphatic heterocycles. The Bertz CT molecular complexity index is 1090. The molecule has 2 amide bonds. The third-order valence-corrected chi connectivity index (χ3v) is 5.65. The molecular weight excluding hydrogens is 448 g/mol. The van der Waals surface area contributed by atoms with Crippen molar-refractivity contribution < 1.29 is 14.3 Å². The lowest BCUT2D eigenvalue weighted by atomic mass is 10.0. The molecule has 0 radical (unpaired) electrons. The van der Waals surface area contributed by atoms with Crippen LogP contribution in [0.3, 0.4) is 0 Å². The van der Waals surface area contributed by atoms with Crippen LogP contribution in [0.5, 0.6) is 5.75 Å². The highest BCUT2D eigenvalue weighted by atomic mass is 35.5. The topological polar surface area (TPSA) is 58.6 Å². The van der Waals surface area contributed by atoms with Gasteiger partial charge < -0.3 is 15.0 Å². The first-order valence-corrected chi connectivity index (χ1v) is 11.9. The zero-order valence-electron chi connectivity index (χ0n) is 19.7. The van der Waals surface area contributed by atoms with Crippen molar-refractivity contribution >= 4 is 23.4 Å². The van der Waals surface area contributed by atoms with Crippen molar-refractivity contribution in [2.45, 2.75) is 39.3 Å². The van der Waals surface area contributed by atoms with Gasteiger partial charge in [0.2, 0.25) is 5.91 Å². The van der Waals surface area contributed by atoms with Gasteiger partial charge in [-0.25, -0.2) is 0 Å². The van der Waals surface area contributed by atoms with Gasteiger partial charge in [0.15, 0.2) is 6.61 Å². The van der Waals surface area contributed by atoms with Gasteiger partial charge >= 0.3 is 0 Å². The molecule has 6 heteroatoms. The summed E-state index contributed by atoms with van der Waals surface area (Å²) < 4.78 is 5.80. The predicted octanol–water partition coefficient (Wildman–Crippen LogP) is 5.19.